The first kappa shape index (κ1) is 13.1. The first-order valence-electron chi connectivity index (χ1n) is 5.24. The van der Waals surface area contributed by atoms with Crippen molar-refractivity contribution in [1.29, 1.82) is 0 Å². The summed E-state index contributed by atoms with van der Waals surface area (Å²) in [5.41, 5.74) is 8.04. The van der Waals surface area contributed by atoms with E-state index in [4.69, 9.17) is 23.1 Å². The number of rotatable bonds is 5. The highest BCUT2D eigenvalue weighted by Gasteiger charge is 2.20. The lowest BCUT2D eigenvalue weighted by atomic mass is 10.0. The fourth-order valence-corrected chi connectivity index (χ4v) is 2.10. The first-order chi connectivity index (χ1) is 7.57. The minimum Gasteiger partial charge on any atom is -0.395 e. The summed E-state index contributed by atoms with van der Waals surface area (Å²) in [7, 11) is 1.91. The molecule has 0 amide bonds. The summed E-state index contributed by atoms with van der Waals surface area (Å²) in [5.74, 6) is 0. The lowest BCUT2D eigenvalue weighted by molar-refractivity contribution is 0.207. The highest BCUT2D eigenvalue weighted by molar-refractivity contribution is 7.80. The second kappa shape index (κ2) is 5.94. The molecule has 0 aliphatic carbocycles. The molecule has 3 nitrogen and oxygen atoms in total. The van der Waals surface area contributed by atoms with Crippen molar-refractivity contribution in [3.8, 4) is 0 Å². The standard InChI is InChI=1S/C12H18N2OS/c1-9-5-3-4-6-10(9)11(12(13)16)14(2)7-8-15/h3-6,11,15H,7-8H2,1-2H3,(H2,13,16). The summed E-state index contributed by atoms with van der Waals surface area (Å²) < 4.78 is 0. The lowest BCUT2D eigenvalue weighted by Crippen LogP contribution is -2.36. The Morgan fingerprint density at radius 3 is 2.62 bits per heavy atom. The molecule has 0 aliphatic heterocycles. The van der Waals surface area contributed by atoms with Crippen molar-refractivity contribution < 1.29 is 5.11 Å². The topological polar surface area (TPSA) is 49.5 Å². The predicted octanol–water partition coefficient (Wildman–Crippen LogP) is 1.25. The Hall–Kier alpha value is -0.970. The molecule has 0 fully saturated rings. The highest BCUT2D eigenvalue weighted by atomic mass is 32.1. The van der Waals surface area contributed by atoms with Gasteiger partial charge in [-0.3, -0.25) is 4.90 Å². The number of hydrogen-bond acceptors (Lipinski definition) is 3. The van der Waals surface area contributed by atoms with Gasteiger partial charge in [0.2, 0.25) is 0 Å². The fraction of sp³-hybridized carbons (Fsp3) is 0.417. The summed E-state index contributed by atoms with van der Waals surface area (Å²) in [5, 5.41) is 8.96. The number of nitrogens with zero attached hydrogens (tertiary/aromatic N) is 1. The Bertz CT molecular complexity index is 368. The van der Waals surface area contributed by atoms with Gasteiger partial charge >= 0.3 is 0 Å². The molecule has 88 valence electrons. The van der Waals surface area contributed by atoms with Gasteiger partial charge in [-0.05, 0) is 25.1 Å². The van der Waals surface area contributed by atoms with Gasteiger partial charge in [0.15, 0.2) is 0 Å². The average molecular weight is 238 g/mol. The Balaban J connectivity index is 3.03. The van der Waals surface area contributed by atoms with Crippen LogP contribution in [0.3, 0.4) is 0 Å². The van der Waals surface area contributed by atoms with Gasteiger partial charge in [0, 0.05) is 6.54 Å². The molecule has 0 radical (unpaired) electrons. The fourth-order valence-electron chi connectivity index (χ4n) is 1.79. The van der Waals surface area contributed by atoms with E-state index in [1.54, 1.807) is 0 Å². The molecule has 0 saturated heterocycles. The number of aliphatic hydroxyl groups excluding tert-OH is 1. The molecule has 3 N–H and O–H groups in total. The maximum atomic E-state index is 8.96. The monoisotopic (exact) mass is 238 g/mol. The summed E-state index contributed by atoms with van der Waals surface area (Å²) in [6.45, 7) is 2.69. The van der Waals surface area contributed by atoms with E-state index in [0.717, 1.165) is 11.1 Å². The molecule has 0 aliphatic rings. The van der Waals surface area contributed by atoms with E-state index in [1.165, 1.54) is 0 Å². The van der Waals surface area contributed by atoms with Gasteiger partial charge in [0.05, 0.1) is 17.6 Å². The van der Waals surface area contributed by atoms with Gasteiger partial charge in [-0.25, -0.2) is 0 Å². The quantitative estimate of drug-likeness (QED) is 0.758. The molecule has 1 atom stereocenters. The van der Waals surface area contributed by atoms with E-state index in [0.29, 0.717) is 11.5 Å². The number of hydrogen-bond donors (Lipinski definition) is 2. The van der Waals surface area contributed by atoms with E-state index in [2.05, 4.69) is 0 Å². The van der Waals surface area contributed by atoms with Crippen LogP contribution in [0.25, 0.3) is 0 Å². The van der Waals surface area contributed by atoms with Crippen LogP contribution in [0.5, 0.6) is 0 Å². The maximum absolute atomic E-state index is 8.96. The number of aliphatic hydroxyl groups is 1. The largest absolute Gasteiger partial charge is 0.395 e. The predicted molar refractivity (Wildman–Crippen MR) is 70.4 cm³/mol. The maximum Gasteiger partial charge on any atom is 0.0948 e. The second-order valence-corrected chi connectivity index (χ2v) is 4.34. The van der Waals surface area contributed by atoms with Crippen LogP contribution in [0.1, 0.15) is 17.2 Å². The molecule has 0 heterocycles. The van der Waals surface area contributed by atoms with Crippen LogP contribution in [0.4, 0.5) is 0 Å². The Labute approximate surface area is 102 Å². The number of likely N-dealkylation sites (N-methyl/N-ethyl adjacent to an activating group) is 1. The third kappa shape index (κ3) is 3.01. The van der Waals surface area contributed by atoms with Crippen molar-refractivity contribution in [2.75, 3.05) is 20.2 Å². The van der Waals surface area contributed by atoms with Gasteiger partial charge in [-0.15, -0.1) is 0 Å². The minimum atomic E-state index is -0.108. The Kier molecular flexibility index (Phi) is 4.86. The zero-order valence-electron chi connectivity index (χ0n) is 9.68. The molecule has 1 aromatic rings. The van der Waals surface area contributed by atoms with E-state index < -0.39 is 0 Å². The first-order valence-corrected chi connectivity index (χ1v) is 5.64. The van der Waals surface area contributed by atoms with Gasteiger partial charge < -0.3 is 10.8 Å². The molecule has 0 bridgehead atoms. The van der Waals surface area contributed by atoms with E-state index in [9.17, 15) is 0 Å². The van der Waals surface area contributed by atoms with Crippen molar-refractivity contribution in [3.05, 3.63) is 35.4 Å². The highest BCUT2D eigenvalue weighted by Crippen LogP contribution is 2.22. The average Bonchev–Trinajstić information content (AvgIpc) is 2.21. The van der Waals surface area contributed by atoms with Crippen LogP contribution in [0.15, 0.2) is 24.3 Å². The zero-order valence-corrected chi connectivity index (χ0v) is 10.5. The Morgan fingerprint density at radius 2 is 2.12 bits per heavy atom. The third-order valence-electron chi connectivity index (χ3n) is 2.65. The third-order valence-corrected chi connectivity index (χ3v) is 2.87. The van der Waals surface area contributed by atoms with Gasteiger partial charge in [-0.1, -0.05) is 36.5 Å². The van der Waals surface area contributed by atoms with Crippen molar-refractivity contribution in [1.82, 2.24) is 4.90 Å². The molecule has 0 aromatic heterocycles. The molecule has 4 heteroatoms. The number of nitrogens with two attached hydrogens (primary N) is 1. The Morgan fingerprint density at radius 1 is 1.50 bits per heavy atom. The molecule has 0 saturated carbocycles. The van der Waals surface area contributed by atoms with Gasteiger partial charge in [0.25, 0.3) is 0 Å². The zero-order chi connectivity index (χ0) is 12.1. The number of aryl methyl sites for hydroxylation is 1. The van der Waals surface area contributed by atoms with Crippen LogP contribution < -0.4 is 5.73 Å². The summed E-state index contributed by atoms with van der Waals surface area (Å²) in [6.07, 6.45) is 0. The van der Waals surface area contributed by atoms with Crippen LogP contribution in [0, 0.1) is 6.92 Å². The lowest BCUT2D eigenvalue weighted by Gasteiger charge is -2.28. The molecule has 1 rings (SSSR count). The van der Waals surface area contributed by atoms with Crippen LogP contribution in [0.2, 0.25) is 0 Å². The summed E-state index contributed by atoms with van der Waals surface area (Å²) >= 11 is 5.10. The van der Waals surface area contributed by atoms with Gasteiger partial charge in [-0.2, -0.15) is 0 Å². The number of benzene rings is 1. The van der Waals surface area contributed by atoms with E-state index in [-0.39, 0.29) is 12.6 Å². The van der Waals surface area contributed by atoms with Crippen molar-refractivity contribution in [3.63, 3.8) is 0 Å². The molecular weight excluding hydrogens is 220 g/mol. The smallest absolute Gasteiger partial charge is 0.0948 e. The van der Waals surface area contributed by atoms with Crippen molar-refractivity contribution in [2.24, 2.45) is 5.73 Å². The SMILES string of the molecule is Cc1ccccc1C(C(N)=S)N(C)CCO. The normalized spacial score (nSPS) is 12.8. The van der Waals surface area contributed by atoms with E-state index in [1.807, 2.05) is 43.1 Å². The van der Waals surface area contributed by atoms with Crippen molar-refractivity contribution >= 4 is 17.2 Å². The van der Waals surface area contributed by atoms with Crippen LogP contribution in [-0.2, 0) is 0 Å². The molecule has 1 aromatic carbocycles. The van der Waals surface area contributed by atoms with Crippen molar-refractivity contribution in [2.45, 2.75) is 13.0 Å². The van der Waals surface area contributed by atoms with Crippen LogP contribution >= 0.6 is 12.2 Å². The molecule has 1 unspecified atom stereocenters. The molecule has 16 heavy (non-hydrogen) atoms. The molecular formula is C12H18N2OS. The van der Waals surface area contributed by atoms with E-state index >= 15 is 0 Å². The second-order valence-electron chi connectivity index (χ2n) is 3.87. The summed E-state index contributed by atoms with van der Waals surface area (Å²) in [6, 6.07) is 7.91. The van der Waals surface area contributed by atoms with Crippen LogP contribution in [-0.4, -0.2) is 35.2 Å². The molecule has 0 spiro atoms. The van der Waals surface area contributed by atoms with Gasteiger partial charge in [0.1, 0.15) is 0 Å². The summed E-state index contributed by atoms with van der Waals surface area (Å²) in [4.78, 5) is 2.40. The minimum absolute atomic E-state index is 0.0987. The number of thiocarbonyl (C=S) groups is 1.